The maximum Gasteiger partial charge on any atom is 0.407 e. The smallest absolute Gasteiger partial charge is 0.407 e. The van der Waals surface area contributed by atoms with E-state index < -0.39 is 6.09 Å². The molecule has 0 spiro atoms. The molecule has 0 aliphatic carbocycles. The maximum absolute atomic E-state index is 11.2. The van der Waals surface area contributed by atoms with Crippen LogP contribution >= 0.6 is 23.2 Å². The summed E-state index contributed by atoms with van der Waals surface area (Å²) < 4.78 is 4.94. The van der Waals surface area contributed by atoms with Crippen molar-refractivity contribution in [1.29, 1.82) is 0 Å². The molecule has 1 aromatic rings. The van der Waals surface area contributed by atoms with Crippen molar-refractivity contribution >= 4 is 29.3 Å². The van der Waals surface area contributed by atoms with Crippen LogP contribution in [0, 0.1) is 0 Å². The summed E-state index contributed by atoms with van der Waals surface area (Å²) in [6.45, 7) is 0.396. The Morgan fingerprint density at radius 2 is 2.06 bits per heavy atom. The molecule has 0 aliphatic rings. The molecule has 16 heavy (non-hydrogen) atoms. The summed E-state index contributed by atoms with van der Waals surface area (Å²) in [6.07, 6.45) is -0.527. The Morgan fingerprint density at radius 3 is 2.69 bits per heavy atom. The third-order valence-electron chi connectivity index (χ3n) is 1.73. The number of carbonyl (C=O) groups is 1. The third kappa shape index (κ3) is 5.05. The number of amides is 1. The fourth-order valence-electron chi connectivity index (χ4n) is 0.969. The zero-order valence-electron chi connectivity index (χ0n) is 8.45. The minimum absolute atomic E-state index is 0.165. The highest BCUT2D eigenvalue weighted by Crippen LogP contribution is 2.02. The Balaban J connectivity index is 2.26. The van der Waals surface area contributed by atoms with Crippen molar-refractivity contribution in [2.24, 2.45) is 0 Å². The van der Waals surface area contributed by atoms with Crippen LogP contribution in [0.4, 0.5) is 4.79 Å². The highest BCUT2D eigenvalue weighted by molar-refractivity contribution is 6.36. The van der Waals surface area contributed by atoms with Crippen LogP contribution in [0.2, 0.25) is 0 Å². The molecule has 0 heterocycles. The van der Waals surface area contributed by atoms with E-state index in [2.05, 4.69) is 5.32 Å². The van der Waals surface area contributed by atoms with E-state index in [1.165, 1.54) is 5.54 Å². The molecule has 0 aliphatic heterocycles. The van der Waals surface area contributed by atoms with Crippen LogP contribution in [0.3, 0.4) is 0 Å². The predicted molar refractivity (Wildman–Crippen MR) is 64.4 cm³/mol. The topological polar surface area (TPSA) is 38.3 Å². The summed E-state index contributed by atoms with van der Waals surface area (Å²) in [5.74, 6) is 0. The maximum atomic E-state index is 11.2. The fourth-order valence-corrected chi connectivity index (χ4v) is 1.11. The molecule has 0 radical (unpaired) electrons. The molecule has 1 amide bonds. The molecule has 0 atom stereocenters. The number of nitrogens with one attached hydrogen (secondary N) is 1. The van der Waals surface area contributed by atoms with Gasteiger partial charge in [0.15, 0.2) is 0 Å². The van der Waals surface area contributed by atoms with Crippen LogP contribution in [0.15, 0.2) is 40.9 Å². The van der Waals surface area contributed by atoms with Crippen LogP contribution in [0.25, 0.3) is 0 Å². The minimum Gasteiger partial charge on any atom is -0.445 e. The summed E-state index contributed by atoms with van der Waals surface area (Å²) in [5.41, 5.74) is 2.12. The molecular weight excluding hydrogens is 249 g/mol. The molecule has 1 N–H and O–H groups in total. The van der Waals surface area contributed by atoms with E-state index in [0.29, 0.717) is 5.03 Å². The number of ether oxygens (including phenoxy) is 1. The zero-order chi connectivity index (χ0) is 11.8. The second kappa shape index (κ2) is 7.14. The second-order valence-electron chi connectivity index (χ2n) is 2.97. The van der Waals surface area contributed by atoms with Crippen molar-refractivity contribution in [2.75, 3.05) is 6.54 Å². The van der Waals surface area contributed by atoms with Gasteiger partial charge in [0.25, 0.3) is 0 Å². The number of benzene rings is 1. The number of hydrogen-bond donors (Lipinski definition) is 1. The summed E-state index contributed by atoms with van der Waals surface area (Å²) in [7, 11) is 0. The number of halogens is 2. The Bertz CT molecular complexity index is 366. The molecule has 0 bridgehead atoms. The average molecular weight is 260 g/mol. The monoisotopic (exact) mass is 259 g/mol. The number of carbonyl (C=O) groups excluding carboxylic acids is 1. The van der Waals surface area contributed by atoms with Gasteiger partial charge in [0.2, 0.25) is 0 Å². The highest BCUT2D eigenvalue weighted by Gasteiger charge is 2.02. The van der Waals surface area contributed by atoms with E-state index in [-0.39, 0.29) is 13.2 Å². The van der Waals surface area contributed by atoms with Crippen molar-refractivity contribution in [2.45, 2.75) is 6.61 Å². The van der Waals surface area contributed by atoms with Crippen LogP contribution in [0.1, 0.15) is 5.56 Å². The first-order valence-corrected chi connectivity index (χ1v) is 5.43. The predicted octanol–water partition coefficient (Wildman–Crippen LogP) is 3.23. The molecule has 0 saturated heterocycles. The van der Waals surface area contributed by atoms with Gasteiger partial charge in [-0.15, -0.1) is 0 Å². The average Bonchev–Trinajstić information content (AvgIpc) is 2.34. The van der Waals surface area contributed by atoms with E-state index in [4.69, 9.17) is 27.9 Å². The number of rotatable bonds is 4. The van der Waals surface area contributed by atoms with Crippen molar-refractivity contribution in [3.63, 3.8) is 0 Å². The lowest BCUT2D eigenvalue weighted by atomic mass is 10.2. The molecule has 0 saturated carbocycles. The summed E-state index contributed by atoms with van der Waals surface area (Å²) in [6, 6.07) is 9.40. The molecule has 0 aromatic heterocycles. The molecule has 1 rings (SSSR count). The van der Waals surface area contributed by atoms with E-state index >= 15 is 0 Å². The molecule has 3 nitrogen and oxygen atoms in total. The summed E-state index contributed by atoms with van der Waals surface area (Å²) >= 11 is 10.9. The standard InChI is InChI=1S/C11H11Cl2NO2/c12-6-10(13)7-14-11(15)16-8-9-4-2-1-3-5-9/h1-6H,7-8H2,(H,14,15)/b10-6-. The first kappa shape index (κ1) is 12.9. The van der Waals surface area contributed by atoms with Crippen molar-refractivity contribution in [3.05, 3.63) is 46.5 Å². The van der Waals surface area contributed by atoms with Crippen molar-refractivity contribution in [1.82, 2.24) is 5.32 Å². The third-order valence-corrected chi connectivity index (χ3v) is 2.35. The first-order chi connectivity index (χ1) is 7.72. The van der Waals surface area contributed by atoms with Gasteiger partial charge in [-0.25, -0.2) is 4.79 Å². The molecule has 86 valence electrons. The Hall–Kier alpha value is -1.19. The van der Waals surface area contributed by atoms with Crippen LogP contribution in [-0.4, -0.2) is 12.6 Å². The van der Waals surface area contributed by atoms with Gasteiger partial charge in [-0.05, 0) is 5.56 Å². The molecule has 5 heteroatoms. The van der Waals surface area contributed by atoms with Crippen molar-refractivity contribution < 1.29 is 9.53 Å². The molecule has 1 aromatic carbocycles. The normalized spacial score (nSPS) is 11.0. The van der Waals surface area contributed by atoms with Gasteiger partial charge in [-0.2, -0.15) is 0 Å². The van der Waals surface area contributed by atoms with Gasteiger partial charge < -0.3 is 10.1 Å². The lowest BCUT2D eigenvalue weighted by Gasteiger charge is -2.06. The van der Waals surface area contributed by atoms with Crippen LogP contribution in [-0.2, 0) is 11.3 Å². The Labute approximate surface area is 104 Å². The van der Waals surface area contributed by atoms with Gasteiger partial charge >= 0.3 is 6.09 Å². The van der Waals surface area contributed by atoms with E-state index in [1.807, 2.05) is 30.3 Å². The van der Waals surface area contributed by atoms with Gasteiger partial charge in [0.05, 0.1) is 6.54 Å². The summed E-state index contributed by atoms with van der Waals surface area (Å²) in [5, 5.41) is 2.80. The Morgan fingerprint density at radius 1 is 1.38 bits per heavy atom. The van der Waals surface area contributed by atoms with Gasteiger partial charge in [-0.3, -0.25) is 0 Å². The molecule has 0 fully saturated rings. The van der Waals surface area contributed by atoms with E-state index in [0.717, 1.165) is 5.56 Å². The van der Waals surface area contributed by atoms with Crippen LogP contribution < -0.4 is 5.32 Å². The Kier molecular flexibility index (Phi) is 5.75. The largest absolute Gasteiger partial charge is 0.445 e. The first-order valence-electron chi connectivity index (χ1n) is 4.61. The quantitative estimate of drug-likeness (QED) is 0.902. The van der Waals surface area contributed by atoms with Crippen LogP contribution in [0.5, 0.6) is 0 Å². The SMILES string of the molecule is O=C(NC/C(Cl)=C/Cl)OCc1ccccc1. The fraction of sp³-hybridized carbons (Fsp3) is 0.182. The van der Waals surface area contributed by atoms with E-state index in [1.54, 1.807) is 0 Å². The van der Waals surface area contributed by atoms with Gasteiger partial charge in [0.1, 0.15) is 6.61 Å². The highest BCUT2D eigenvalue weighted by atomic mass is 35.5. The number of alkyl carbamates (subject to hydrolysis) is 1. The van der Waals surface area contributed by atoms with Gasteiger partial charge in [0, 0.05) is 10.6 Å². The molecule has 0 unspecified atom stereocenters. The minimum atomic E-state index is -0.527. The zero-order valence-corrected chi connectivity index (χ0v) is 9.96. The van der Waals surface area contributed by atoms with Gasteiger partial charge in [-0.1, -0.05) is 53.5 Å². The lowest BCUT2D eigenvalue weighted by molar-refractivity contribution is 0.140. The summed E-state index contributed by atoms with van der Waals surface area (Å²) in [4.78, 5) is 11.2. The number of hydrogen-bond acceptors (Lipinski definition) is 2. The molecular formula is C11H11Cl2NO2. The second-order valence-corrected chi connectivity index (χ2v) is 3.67. The lowest BCUT2D eigenvalue weighted by Crippen LogP contribution is -2.25. The van der Waals surface area contributed by atoms with Crippen molar-refractivity contribution in [3.8, 4) is 0 Å². The van der Waals surface area contributed by atoms with E-state index in [9.17, 15) is 4.79 Å².